The molecule has 0 saturated carbocycles. The number of pyridine rings is 1. The van der Waals surface area contributed by atoms with Crippen molar-refractivity contribution in [1.29, 1.82) is 0 Å². The van der Waals surface area contributed by atoms with E-state index in [9.17, 15) is 9.18 Å². The minimum absolute atomic E-state index is 0.120. The van der Waals surface area contributed by atoms with Crippen molar-refractivity contribution in [1.82, 2.24) is 4.98 Å². The van der Waals surface area contributed by atoms with Gasteiger partial charge in [0.25, 0.3) is 5.91 Å². The topological polar surface area (TPSA) is 45.2 Å². The van der Waals surface area contributed by atoms with Crippen LogP contribution in [0, 0.1) is 12.7 Å². The van der Waals surface area contributed by atoms with Crippen molar-refractivity contribution in [3.63, 3.8) is 0 Å². The fourth-order valence-electron chi connectivity index (χ4n) is 2.89. The molecule has 0 unspecified atom stereocenters. The number of carbonyl (C=O) groups is 1. The van der Waals surface area contributed by atoms with Crippen LogP contribution in [0.5, 0.6) is 0 Å². The number of anilines is 2. The summed E-state index contributed by atoms with van der Waals surface area (Å²) < 4.78 is 13.8. The summed E-state index contributed by atoms with van der Waals surface area (Å²) in [5, 5.41) is 3.13. The molecule has 5 heteroatoms. The summed E-state index contributed by atoms with van der Waals surface area (Å²) >= 11 is 0. The number of hydrogen-bond acceptors (Lipinski definition) is 3. The molecule has 3 aromatic rings. The van der Waals surface area contributed by atoms with Gasteiger partial charge < -0.3 is 10.2 Å². The van der Waals surface area contributed by atoms with Gasteiger partial charge in [0.15, 0.2) is 0 Å². The molecule has 0 spiro atoms. The highest BCUT2D eigenvalue weighted by molar-refractivity contribution is 6.06. The molecule has 1 aromatic heterocycles. The third-order valence-corrected chi connectivity index (χ3v) is 4.30. The van der Waals surface area contributed by atoms with E-state index in [2.05, 4.69) is 10.3 Å². The van der Waals surface area contributed by atoms with Gasteiger partial charge in [-0.2, -0.15) is 0 Å². The number of nitrogens with zero attached hydrogens (tertiary/aromatic N) is 2. The zero-order valence-electron chi connectivity index (χ0n) is 15.4. The maximum absolute atomic E-state index is 13.8. The first kappa shape index (κ1) is 18.6. The number of aryl methyl sites for hydroxylation is 1. The predicted molar refractivity (Wildman–Crippen MR) is 106 cm³/mol. The molecule has 0 aliphatic carbocycles. The lowest BCUT2D eigenvalue weighted by Gasteiger charge is -2.21. The van der Waals surface area contributed by atoms with Crippen molar-refractivity contribution in [3.05, 3.63) is 89.5 Å². The standard InChI is InChI=1S/C22H22FN3O/c1-3-26(20-9-6-7-16(2)11-20)22(27)18-12-19(15-24-13-18)25-14-17-8-4-5-10-21(17)23/h4-13,15,25H,3,14H2,1-2H3. The van der Waals surface area contributed by atoms with E-state index in [0.29, 0.717) is 29.9 Å². The Morgan fingerprint density at radius 2 is 1.93 bits per heavy atom. The molecular formula is C22H22FN3O. The molecule has 0 aliphatic rings. The Morgan fingerprint density at radius 3 is 2.67 bits per heavy atom. The lowest BCUT2D eigenvalue weighted by atomic mass is 10.1. The predicted octanol–water partition coefficient (Wildman–Crippen LogP) is 4.81. The Kier molecular flexibility index (Phi) is 5.81. The average Bonchev–Trinajstić information content (AvgIpc) is 2.68. The molecule has 27 heavy (non-hydrogen) atoms. The minimum Gasteiger partial charge on any atom is -0.380 e. The van der Waals surface area contributed by atoms with Crippen LogP contribution in [0.2, 0.25) is 0 Å². The van der Waals surface area contributed by atoms with E-state index in [1.54, 1.807) is 41.6 Å². The second-order valence-electron chi connectivity index (χ2n) is 6.30. The highest BCUT2D eigenvalue weighted by Crippen LogP contribution is 2.20. The number of rotatable bonds is 6. The van der Waals surface area contributed by atoms with Gasteiger partial charge in [-0.05, 0) is 43.7 Å². The van der Waals surface area contributed by atoms with Crippen molar-refractivity contribution in [3.8, 4) is 0 Å². The first-order valence-corrected chi connectivity index (χ1v) is 8.89. The number of halogens is 1. The van der Waals surface area contributed by atoms with Crippen molar-refractivity contribution < 1.29 is 9.18 Å². The van der Waals surface area contributed by atoms with Crippen molar-refractivity contribution in [2.75, 3.05) is 16.8 Å². The SMILES string of the molecule is CCN(C(=O)c1cncc(NCc2ccccc2F)c1)c1cccc(C)c1. The molecule has 1 heterocycles. The van der Waals surface area contributed by atoms with Crippen LogP contribution in [-0.4, -0.2) is 17.4 Å². The molecule has 1 N–H and O–H groups in total. The first-order valence-electron chi connectivity index (χ1n) is 8.89. The molecule has 0 saturated heterocycles. The van der Waals surface area contributed by atoms with E-state index in [1.807, 2.05) is 38.1 Å². The summed E-state index contributed by atoms with van der Waals surface area (Å²) in [6.07, 6.45) is 3.18. The van der Waals surface area contributed by atoms with E-state index < -0.39 is 0 Å². The summed E-state index contributed by atoms with van der Waals surface area (Å²) in [4.78, 5) is 18.8. The van der Waals surface area contributed by atoms with Gasteiger partial charge in [-0.15, -0.1) is 0 Å². The zero-order chi connectivity index (χ0) is 19.2. The largest absolute Gasteiger partial charge is 0.380 e. The Hall–Kier alpha value is -3.21. The Labute approximate surface area is 158 Å². The van der Waals surface area contributed by atoms with Crippen molar-refractivity contribution >= 4 is 17.3 Å². The molecule has 0 radical (unpaired) electrons. The number of benzene rings is 2. The monoisotopic (exact) mass is 363 g/mol. The zero-order valence-corrected chi connectivity index (χ0v) is 15.4. The van der Waals surface area contributed by atoms with Gasteiger partial charge in [-0.25, -0.2) is 4.39 Å². The third kappa shape index (κ3) is 4.50. The number of aromatic nitrogens is 1. The van der Waals surface area contributed by atoms with Crippen molar-refractivity contribution in [2.24, 2.45) is 0 Å². The fraction of sp³-hybridized carbons (Fsp3) is 0.182. The van der Waals surface area contributed by atoms with Crippen molar-refractivity contribution in [2.45, 2.75) is 20.4 Å². The van der Waals surface area contributed by atoms with E-state index in [4.69, 9.17) is 0 Å². The Morgan fingerprint density at radius 1 is 1.11 bits per heavy atom. The van der Waals surface area contributed by atoms with Crippen LogP contribution in [-0.2, 0) is 6.54 Å². The van der Waals surface area contributed by atoms with Crippen LogP contribution in [0.4, 0.5) is 15.8 Å². The Bertz CT molecular complexity index is 942. The third-order valence-electron chi connectivity index (χ3n) is 4.30. The fourth-order valence-corrected chi connectivity index (χ4v) is 2.89. The lowest BCUT2D eigenvalue weighted by Crippen LogP contribution is -2.30. The number of carbonyl (C=O) groups excluding carboxylic acids is 1. The molecule has 1 amide bonds. The molecule has 0 bridgehead atoms. The summed E-state index contributed by atoms with van der Waals surface area (Å²) in [6.45, 7) is 4.81. The van der Waals surface area contributed by atoms with Gasteiger partial charge in [0.1, 0.15) is 5.82 Å². The summed E-state index contributed by atoms with van der Waals surface area (Å²) in [7, 11) is 0. The van der Waals surface area contributed by atoms with E-state index in [1.165, 1.54) is 6.07 Å². The van der Waals surface area contributed by atoms with Crippen LogP contribution in [0.25, 0.3) is 0 Å². The van der Waals surface area contributed by atoms with E-state index >= 15 is 0 Å². The van der Waals surface area contributed by atoms with Gasteiger partial charge in [0.05, 0.1) is 11.3 Å². The Balaban J connectivity index is 1.77. The summed E-state index contributed by atoms with van der Waals surface area (Å²) in [6, 6.07) is 16.2. The van der Waals surface area contributed by atoms with Gasteiger partial charge in [0, 0.05) is 36.7 Å². The molecular weight excluding hydrogens is 341 g/mol. The van der Waals surface area contributed by atoms with Crippen LogP contribution in [0.1, 0.15) is 28.4 Å². The molecule has 0 aliphatic heterocycles. The molecule has 3 rings (SSSR count). The van der Waals surface area contributed by atoms with Crippen LogP contribution >= 0.6 is 0 Å². The van der Waals surface area contributed by atoms with Crippen LogP contribution < -0.4 is 10.2 Å². The molecule has 0 fully saturated rings. The second kappa shape index (κ2) is 8.45. The number of hydrogen-bond donors (Lipinski definition) is 1. The van der Waals surface area contributed by atoms with E-state index in [-0.39, 0.29) is 11.7 Å². The molecule has 0 atom stereocenters. The smallest absolute Gasteiger partial charge is 0.259 e. The number of amides is 1. The highest BCUT2D eigenvalue weighted by atomic mass is 19.1. The van der Waals surface area contributed by atoms with Crippen LogP contribution in [0.3, 0.4) is 0 Å². The maximum Gasteiger partial charge on any atom is 0.259 e. The molecule has 4 nitrogen and oxygen atoms in total. The first-order chi connectivity index (χ1) is 13.1. The minimum atomic E-state index is -0.262. The van der Waals surface area contributed by atoms with Gasteiger partial charge >= 0.3 is 0 Å². The summed E-state index contributed by atoms with van der Waals surface area (Å²) in [5.41, 5.74) is 3.66. The van der Waals surface area contributed by atoms with Gasteiger partial charge in [-0.3, -0.25) is 9.78 Å². The van der Waals surface area contributed by atoms with E-state index in [0.717, 1.165) is 11.3 Å². The normalized spacial score (nSPS) is 10.5. The molecule has 138 valence electrons. The number of nitrogens with one attached hydrogen (secondary N) is 1. The second-order valence-corrected chi connectivity index (χ2v) is 6.30. The highest BCUT2D eigenvalue weighted by Gasteiger charge is 2.17. The quantitative estimate of drug-likeness (QED) is 0.684. The lowest BCUT2D eigenvalue weighted by molar-refractivity contribution is 0.0988. The summed E-state index contributed by atoms with van der Waals surface area (Å²) in [5.74, 6) is -0.382. The van der Waals surface area contributed by atoms with Crippen LogP contribution in [0.15, 0.2) is 67.0 Å². The average molecular weight is 363 g/mol. The molecule has 2 aromatic carbocycles. The van der Waals surface area contributed by atoms with Gasteiger partial charge in [0.2, 0.25) is 0 Å². The van der Waals surface area contributed by atoms with Gasteiger partial charge in [-0.1, -0.05) is 30.3 Å². The maximum atomic E-state index is 13.8.